The second-order valence-corrected chi connectivity index (χ2v) is 7.36. The lowest BCUT2D eigenvalue weighted by molar-refractivity contribution is 0.696. The van der Waals surface area contributed by atoms with Crippen molar-refractivity contribution in [2.45, 2.75) is 25.2 Å². The summed E-state index contributed by atoms with van der Waals surface area (Å²) in [7, 11) is 0. The van der Waals surface area contributed by atoms with E-state index in [1.807, 2.05) is 0 Å². The smallest absolute Gasteiger partial charge is 0.0676 e. The van der Waals surface area contributed by atoms with Gasteiger partial charge in [0.1, 0.15) is 0 Å². The molecule has 0 heteroatoms. The Balaban J connectivity index is 1.94. The van der Waals surface area contributed by atoms with Crippen LogP contribution in [0.5, 0.6) is 0 Å². The summed E-state index contributed by atoms with van der Waals surface area (Å²) in [5.41, 5.74) is 9.71. The van der Waals surface area contributed by atoms with Gasteiger partial charge in [-0.1, -0.05) is 96.6 Å². The first-order chi connectivity index (χ1) is 12.8. The van der Waals surface area contributed by atoms with Crippen LogP contribution in [0.1, 0.15) is 40.7 Å². The fourth-order valence-electron chi connectivity index (χ4n) is 4.88. The number of rotatable bonds is 2. The summed E-state index contributed by atoms with van der Waals surface area (Å²) in [6, 6.07) is 29.1. The molecule has 2 aliphatic rings. The van der Waals surface area contributed by atoms with Crippen LogP contribution in [0.25, 0.3) is 5.57 Å². The van der Waals surface area contributed by atoms with Crippen LogP contribution in [-0.4, -0.2) is 0 Å². The molecule has 0 amide bonds. The predicted molar refractivity (Wildman–Crippen MR) is 109 cm³/mol. The molecule has 0 aromatic heterocycles. The van der Waals surface area contributed by atoms with Gasteiger partial charge in [-0.15, -0.1) is 0 Å². The molecule has 26 heavy (non-hydrogen) atoms. The van der Waals surface area contributed by atoms with Gasteiger partial charge in [-0.3, -0.25) is 0 Å². The number of aryl methyl sites for hydroxylation is 1. The van der Waals surface area contributed by atoms with Crippen molar-refractivity contribution < 1.29 is 0 Å². The number of allylic oxidation sites excluding steroid dienone is 4. The Bertz CT molecular complexity index is 981. The summed E-state index contributed by atoms with van der Waals surface area (Å²) in [6.45, 7) is 2.19. The van der Waals surface area contributed by atoms with Crippen LogP contribution in [0.3, 0.4) is 0 Å². The molecule has 0 unspecified atom stereocenters. The standard InChI is InChI=1S/C26H22/c1-19-16-17-25-23(18-19)22-14-8-9-15-24(22)26(25,20-10-4-2-5-11-20)21-12-6-3-7-13-21/h2-8,10-14,16-18H,9,15H2,1H3. The summed E-state index contributed by atoms with van der Waals surface area (Å²) in [4.78, 5) is 0. The first-order valence-corrected chi connectivity index (χ1v) is 9.44. The van der Waals surface area contributed by atoms with Gasteiger partial charge in [0.15, 0.2) is 0 Å². The lowest BCUT2D eigenvalue weighted by Crippen LogP contribution is -2.30. The molecule has 0 saturated carbocycles. The number of hydrogen-bond acceptors (Lipinski definition) is 0. The number of fused-ring (bicyclic) bond motifs is 2. The summed E-state index contributed by atoms with van der Waals surface area (Å²) in [5.74, 6) is 0. The van der Waals surface area contributed by atoms with E-state index < -0.39 is 0 Å². The molecular formula is C26H22. The first kappa shape index (κ1) is 15.4. The van der Waals surface area contributed by atoms with Crippen molar-refractivity contribution in [2.75, 3.05) is 0 Å². The van der Waals surface area contributed by atoms with Gasteiger partial charge in [-0.25, -0.2) is 0 Å². The van der Waals surface area contributed by atoms with E-state index in [2.05, 4.69) is 97.9 Å². The van der Waals surface area contributed by atoms with Gasteiger partial charge in [0.05, 0.1) is 5.41 Å². The molecule has 0 fully saturated rings. The van der Waals surface area contributed by atoms with Crippen LogP contribution >= 0.6 is 0 Å². The Hall–Kier alpha value is -2.86. The van der Waals surface area contributed by atoms with Crippen molar-refractivity contribution in [2.24, 2.45) is 0 Å². The quantitative estimate of drug-likeness (QED) is 0.505. The zero-order chi connectivity index (χ0) is 17.6. The molecule has 2 aliphatic carbocycles. The molecule has 3 aromatic carbocycles. The van der Waals surface area contributed by atoms with Gasteiger partial charge in [-0.2, -0.15) is 0 Å². The van der Waals surface area contributed by atoms with E-state index in [0.29, 0.717) is 0 Å². The first-order valence-electron chi connectivity index (χ1n) is 9.44. The fourth-order valence-corrected chi connectivity index (χ4v) is 4.88. The molecule has 5 rings (SSSR count). The van der Waals surface area contributed by atoms with E-state index in [1.165, 1.54) is 33.4 Å². The van der Waals surface area contributed by atoms with Gasteiger partial charge in [0, 0.05) is 0 Å². The van der Waals surface area contributed by atoms with E-state index in [4.69, 9.17) is 0 Å². The van der Waals surface area contributed by atoms with Crippen LogP contribution in [0.15, 0.2) is 96.6 Å². The second-order valence-electron chi connectivity index (χ2n) is 7.36. The van der Waals surface area contributed by atoms with E-state index in [1.54, 1.807) is 5.57 Å². The van der Waals surface area contributed by atoms with Crippen molar-refractivity contribution in [1.82, 2.24) is 0 Å². The van der Waals surface area contributed by atoms with Crippen molar-refractivity contribution >= 4 is 5.57 Å². The molecule has 0 nitrogen and oxygen atoms in total. The third-order valence-corrected chi connectivity index (χ3v) is 5.91. The normalized spacial score (nSPS) is 17.1. The van der Waals surface area contributed by atoms with Gasteiger partial charge < -0.3 is 0 Å². The molecule has 0 radical (unpaired) electrons. The highest BCUT2D eigenvalue weighted by atomic mass is 14.5. The highest BCUT2D eigenvalue weighted by molar-refractivity contribution is 5.90. The van der Waals surface area contributed by atoms with Crippen LogP contribution in [-0.2, 0) is 5.41 Å². The lowest BCUT2D eigenvalue weighted by Gasteiger charge is -2.36. The van der Waals surface area contributed by atoms with Gasteiger partial charge in [-0.05, 0) is 53.2 Å². The third kappa shape index (κ3) is 2.02. The monoisotopic (exact) mass is 334 g/mol. The molecular weight excluding hydrogens is 312 g/mol. The van der Waals surface area contributed by atoms with Crippen molar-refractivity contribution in [3.05, 3.63) is 124 Å². The van der Waals surface area contributed by atoms with Crippen molar-refractivity contribution in [1.29, 1.82) is 0 Å². The number of benzene rings is 3. The molecule has 126 valence electrons. The Morgan fingerprint density at radius 3 is 2.08 bits per heavy atom. The summed E-state index contributed by atoms with van der Waals surface area (Å²) < 4.78 is 0. The molecule has 0 spiro atoms. The third-order valence-electron chi connectivity index (χ3n) is 5.91. The Morgan fingerprint density at radius 1 is 0.769 bits per heavy atom. The number of hydrogen-bond donors (Lipinski definition) is 0. The van der Waals surface area contributed by atoms with E-state index in [9.17, 15) is 0 Å². The van der Waals surface area contributed by atoms with Crippen LogP contribution in [0.4, 0.5) is 0 Å². The Labute approximate surface area is 155 Å². The Kier molecular flexibility index (Phi) is 3.46. The van der Waals surface area contributed by atoms with Crippen LogP contribution in [0, 0.1) is 6.92 Å². The minimum absolute atomic E-state index is 0.175. The predicted octanol–water partition coefficient (Wildman–Crippen LogP) is 6.45. The van der Waals surface area contributed by atoms with Crippen LogP contribution in [0.2, 0.25) is 0 Å². The second kappa shape index (κ2) is 5.85. The zero-order valence-corrected chi connectivity index (χ0v) is 15.1. The van der Waals surface area contributed by atoms with E-state index in [-0.39, 0.29) is 5.41 Å². The Morgan fingerprint density at radius 2 is 1.42 bits per heavy atom. The molecule has 3 aromatic rings. The minimum atomic E-state index is -0.175. The maximum Gasteiger partial charge on any atom is 0.0676 e. The van der Waals surface area contributed by atoms with Crippen LogP contribution < -0.4 is 0 Å². The van der Waals surface area contributed by atoms with E-state index in [0.717, 1.165) is 12.8 Å². The largest absolute Gasteiger partial charge is 0.0836 e. The average Bonchev–Trinajstić information content (AvgIpc) is 3.00. The lowest BCUT2D eigenvalue weighted by atomic mass is 9.65. The van der Waals surface area contributed by atoms with E-state index >= 15 is 0 Å². The molecule has 0 atom stereocenters. The highest BCUT2D eigenvalue weighted by Crippen LogP contribution is 2.57. The average molecular weight is 334 g/mol. The molecule has 0 N–H and O–H groups in total. The summed E-state index contributed by atoms with van der Waals surface area (Å²) in [5, 5.41) is 0. The zero-order valence-electron chi connectivity index (χ0n) is 15.1. The topological polar surface area (TPSA) is 0 Å². The summed E-state index contributed by atoms with van der Waals surface area (Å²) in [6.07, 6.45) is 6.92. The molecule has 0 aliphatic heterocycles. The van der Waals surface area contributed by atoms with Gasteiger partial charge in [0.2, 0.25) is 0 Å². The molecule has 0 saturated heterocycles. The van der Waals surface area contributed by atoms with Crippen molar-refractivity contribution in [3.63, 3.8) is 0 Å². The minimum Gasteiger partial charge on any atom is -0.0836 e. The van der Waals surface area contributed by atoms with Crippen molar-refractivity contribution in [3.8, 4) is 0 Å². The maximum absolute atomic E-state index is 2.37. The highest BCUT2D eigenvalue weighted by Gasteiger charge is 2.47. The maximum atomic E-state index is 2.37. The summed E-state index contributed by atoms with van der Waals surface area (Å²) >= 11 is 0. The SMILES string of the molecule is Cc1ccc2c(c1)C1=C(CCC=C1)C2(c1ccccc1)c1ccccc1. The molecule has 0 bridgehead atoms. The fraction of sp³-hybridized carbons (Fsp3) is 0.154. The van der Waals surface area contributed by atoms with Gasteiger partial charge >= 0.3 is 0 Å². The van der Waals surface area contributed by atoms with Gasteiger partial charge in [0.25, 0.3) is 0 Å². The molecule has 0 heterocycles.